The number of aryl methyl sites for hydroxylation is 1. The Bertz CT molecular complexity index is 1390. The summed E-state index contributed by atoms with van der Waals surface area (Å²) in [6.07, 6.45) is -3.48. The number of ether oxygens (including phenoxy) is 2. The Hall–Kier alpha value is -3.04. The first kappa shape index (κ1) is 25.1. The van der Waals surface area contributed by atoms with E-state index in [2.05, 4.69) is 36.2 Å². The predicted molar refractivity (Wildman–Crippen MR) is 136 cm³/mol. The number of rotatable bonds is 5. The maximum Gasteiger partial charge on any atom is 0.416 e. The maximum absolute atomic E-state index is 13.2. The second-order valence-electron chi connectivity index (χ2n) is 7.89. The maximum atomic E-state index is 13.2. The summed E-state index contributed by atoms with van der Waals surface area (Å²) < 4.78 is 52.5. The van der Waals surface area contributed by atoms with Crippen LogP contribution in [0.1, 0.15) is 23.6 Å². The van der Waals surface area contributed by atoms with Gasteiger partial charge in [0.1, 0.15) is 0 Å². The van der Waals surface area contributed by atoms with Crippen LogP contribution < -0.4 is 14.3 Å². The summed E-state index contributed by atoms with van der Waals surface area (Å²) in [5.74, 6) is 1.38. The van der Waals surface area contributed by atoms with Crippen LogP contribution in [0.25, 0.3) is 11.3 Å². The monoisotopic (exact) mass is 562 g/mol. The van der Waals surface area contributed by atoms with Crippen LogP contribution in [-0.2, 0) is 19.1 Å². The van der Waals surface area contributed by atoms with Gasteiger partial charge in [0.2, 0.25) is 6.79 Å². The Labute approximate surface area is 215 Å². The highest BCUT2D eigenvalue weighted by Crippen LogP contribution is 2.34. The normalized spacial score (nSPS) is 13.1. The number of fused-ring (bicyclic) bond motifs is 1. The van der Waals surface area contributed by atoms with Crippen LogP contribution in [0.3, 0.4) is 0 Å². The lowest BCUT2D eigenvalue weighted by Crippen LogP contribution is -2.16. The third kappa shape index (κ3) is 5.46. The standard InChI is InChI=1S/C26H21F3N2O2S.BrH/c1-2-17-6-9-19(10-7-17)22-15-34-25(30-21-5-3-4-20(13-21)26(27,28)29)31(22)14-18-8-11-23-24(12-18)33-16-32-23;/h3-13,15H,2,14,16H2,1H3;1H. The molecule has 2 heterocycles. The minimum Gasteiger partial charge on any atom is -0.454 e. The molecule has 4 aromatic rings. The predicted octanol–water partition coefficient (Wildman–Crippen LogP) is 7.39. The number of thiazole rings is 1. The number of nitrogens with zero attached hydrogens (tertiary/aromatic N) is 2. The number of aromatic nitrogens is 1. The molecule has 3 aromatic carbocycles. The lowest BCUT2D eigenvalue weighted by molar-refractivity contribution is -0.137. The van der Waals surface area contributed by atoms with Crippen LogP contribution in [0, 0.1) is 0 Å². The van der Waals surface area contributed by atoms with Crippen LogP contribution >= 0.6 is 28.3 Å². The largest absolute Gasteiger partial charge is 0.454 e. The van der Waals surface area contributed by atoms with E-state index in [1.54, 1.807) is 6.07 Å². The number of halogens is 4. The minimum absolute atomic E-state index is 0. The first-order chi connectivity index (χ1) is 16.4. The summed E-state index contributed by atoms with van der Waals surface area (Å²) >= 11 is 1.39. The van der Waals surface area contributed by atoms with Gasteiger partial charge in [0, 0.05) is 5.38 Å². The lowest BCUT2D eigenvalue weighted by atomic mass is 10.1. The van der Waals surface area contributed by atoms with E-state index < -0.39 is 11.7 Å². The molecule has 0 unspecified atom stereocenters. The van der Waals surface area contributed by atoms with Gasteiger partial charge in [-0.15, -0.1) is 28.3 Å². The number of alkyl halides is 3. The Morgan fingerprint density at radius 1 is 0.943 bits per heavy atom. The summed E-state index contributed by atoms with van der Waals surface area (Å²) in [5, 5.41) is 1.99. The molecular weight excluding hydrogens is 541 g/mol. The number of benzene rings is 3. The SMILES string of the molecule is Br.CCc1ccc(-c2csc(=Nc3cccc(C(F)(F)F)c3)n2Cc2ccc3c(c2)OCO3)cc1. The first-order valence-electron chi connectivity index (χ1n) is 10.8. The van der Waals surface area contributed by atoms with Gasteiger partial charge in [-0.05, 0) is 53.4 Å². The van der Waals surface area contributed by atoms with Gasteiger partial charge in [0.15, 0.2) is 16.3 Å². The van der Waals surface area contributed by atoms with E-state index in [9.17, 15) is 13.2 Å². The molecule has 5 rings (SSSR count). The molecule has 0 radical (unpaired) electrons. The molecule has 182 valence electrons. The topological polar surface area (TPSA) is 35.8 Å². The zero-order valence-electron chi connectivity index (χ0n) is 18.7. The Morgan fingerprint density at radius 2 is 1.69 bits per heavy atom. The molecule has 1 aliphatic rings. The van der Waals surface area contributed by atoms with Gasteiger partial charge < -0.3 is 14.0 Å². The van der Waals surface area contributed by atoms with E-state index in [1.165, 1.54) is 23.0 Å². The van der Waals surface area contributed by atoms with Gasteiger partial charge in [-0.25, -0.2) is 4.99 Å². The van der Waals surface area contributed by atoms with Crippen molar-refractivity contribution in [2.24, 2.45) is 4.99 Å². The Balaban J connectivity index is 0.00000289. The number of hydrogen-bond acceptors (Lipinski definition) is 4. The van der Waals surface area contributed by atoms with Crippen molar-refractivity contribution in [1.29, 1.82) is 0 Å². The van der Waals surface area contributed by atoms with Crippen molar-refractivity contribution >= 4 is 34.0 Å². The van der Waals surface area contributed by atoms with Crippen molar-refractivity contribution in [3.05, 3.63) is 93.6 Å². The van der Waals surface area contributed by atoms with Crippen molar-refractivity contribution in [3.63, 3.8) is 0 Å². The van der Waals surface area contributed by atoms with Gasteiger partial charge in [-0.1, -0.05) is 43.3 Å². The van der Waals surface area contributed by atoms with Gasteiger partial charge in [0.25, 0.3) is 0 Å². The zero-order valence-corrected chi connectivity index (χ0v) is 21.2. The molecule has 0 fully saturated rings. The highest BCUT2D eigenvalue weighted by Gasteiger charge is 2.30. The van der Waals surface area contributed by atoms with Gasteiger partial charge in [-0.2, -0.15) is 13.2 Å². The van der Waals surface area contributed by atoms with E-state index in [1.807, 2.05) is 28.1 Å². The zero-order chi connectivity index (χ0) is 23.7. The molecule has 9 heteroatoms. The Kier molecular flexibility index (Phi) is 7.37. The van der Waals surface area contributed by atoms with Crippen LogP contribution in [-0.4, -0.2) is 11.4 Å². The van der Waals surface area contributed by atoms with Crippen molar-refractivity contribution < 1.29 is 22.6 Å². The van der Waals surface area contributed by atoms with Gasteiger partial charge in [0.05, 0.1) is 23.5 Å². The van der Waals surface area contributed by atoms with Crippen LogP contribution in [0.2, 0.25) is 0 Å². The van der Waals surface area contributed by atoms with E-state index >= 15 is 0 Å². The minimum atomic E-state index is -4.42. The van der Waals surface area contributed by atoms with Crippen molar-refractivity contribution in [1.82, 2.24) is 4.57 Å². The molecule has 1 aromatic heterocycles. The van der Waals surface area contributed by atoms with Crippen LogP contribution in [0.4, 0.5) is 18.9 Å². The molecule has 0 spiro atoms. The Morgan fingerprint density at radius 3 is 2.43 bits per heavy atom. The van der Waals surface area contributed by atoms with E-state index in [0.717, 1.165) is 35.4 Å². The van der Waals surface area contributed by atoms with Crippen molar-refractivity contribution in [3.8, 4) is 22.8 Å². The molecule has 35 heavy (non-hydrogen) atoms. The second-order valence-corrected chi connectivity index (χ2v) is 8.72. The molecule has 0 saturated heterocycles. The lowest BCUT2D eigenvalue weighted by Gasteiger charge is -2.11. The second kappa shape index (κ2) is 10.3. The molecule has 0 saturated carbocycles. The molecule has 4 nitrogen and oxygen atoms in total. The fourth-order valence-electron chi connectivity index (χ4n) is 3.80. The van der Waals surface area contributed by atoms with E-state index in [-0.39, 0.29) is 29.5 Å². The quantitative estimate of drug-likeness (QED) is 0.254. The first-order valence-corrected chi connectivity index (χ1v) is 11.7. The summed E-state index contributed by atoms with van der Waals surface area (Å²) in [6.45, 7) is 2.77. The van der Waals surface area contributed by atoms with E-state index in [4.69, 9.17) is 9.47 Å². The van der Waals surface area contributed by atoms with Crippen molar-refractivity contribution in [2.75, 3.05) is 6.79 Å². The third-order valence-corrected chi connectivity index (χ3v) is 6.50. The number of hydrogen-bond donors (Lipinski definition) is 0. The highest BCUT2D eigenvalue weighted by molar-refractivity contribution is 8.93. The fourth-order valence-corrected chi connectivity index (χ4v) is 4.73. The van der Waals surface area contributed by atoms with Crippen molar-refractivity contribution in [2.45, 2.75) is 26.1 Å². The van der Waals surface area contributed by atoms with Crippen LogP contribution in [0.15, 0.2) is 77.1 Å². The molecule has 0 N–H and O–H groups in total. The fraction of sp³-hybridized carbons (Fsp3) is 0.192. The van der Waals surface area contributed by atoms with Gasteiger partial charge >= 0.3 is 6.18 Å². The molecule has 0 aliphatic carbocycles. The highest BCUT2D eigenvalue weighted by atomic mass is 79.9. The summed E-state index contributed by atoms with van der Waals surface area (Å²) in [4.78, 5) is 5.19. The molecule has 0 amide bonds. The van der Waals surface area contributed by atoms with Gasteiger partial charge in [-0.3, -0.25) is 0 Å². The third-order valence-electron chi connectivity index (χ3n) is 5.63. The smallest absolute Gasteiger partial charge is 0.416 e. The molecular formula is C26H22BrF3N2O2S. The van der Waals surface area contributed by atoms with Crippen LogP contribution in [0.5, 0.6) is 11.5 Å². The summed E-state index contributed by atoms with van der Waals surface area (Å²) in [5.41, 5.74) is 3.69. The average molecular weight is 563 g/mol. The molecule has 1 aliphatic heterocycles. The molecule has 0 atom stereocenters. The molecule has 0 bridgehead atoms. The summed E-state index contributed by atoms with van der Waals surface area (Å²) in [6, 6.07) is 19.1. The summed E-state index contributed by atoms with van der Waals surface area (Å²) in [7, 11) is 0. The van der Waals surface area contributed by atoms with E-state index in [0.29, 0.717) is 22.8 Å². The average Bonchev–Trinajstić information content (AvgIpc) is 3.46.